The zero-order chi connectivity index (χ0) is 22.2. The van der Waals surface area contributed by atoms with Crippen molar-refractivity contribution >= 4 is 34.8 Å². The lowest BCUT2D eigenvalue weighted by molar-refractivity contribution is -0.122. The predicted molar refractivity (Wildman–Crippen MR) is 123 cm³/mol. The SMILES string of the molecule is N#CCCCC(=O)NC1CCC(CCN2CCN(c3ccc(Cl)c(Cl)c3F)CC2)CC1. The minimum Gasteiger partial charge on any atom is -0.367 e. The van der Waals surface area contributed by atoms with Crippen LogP contribution in [0.2, 0.25) is 10.0 Å². The lowest BCUT2D eigenvalue weighted by atomic mass is 9.84. The second kappa shape index (κ2) is 11.9. The summed E-state index contributed by atoms with van der Waals surface area (Å²) in [6.45, 7) is 4.44. The van der Waals surface area contributed by atoms with E-state index in [1.807, 2.05) is 4.90 Å². The van der Waals surface area contributed by atoms with Gasteiger partial charge in [-0.05, 0) is 63.1 Å². The Morgan fingerprint density at radius 2 is 1.87 bits per heavy atom. The van der Waals surface area contributed by atoms with Crippen LogP contribution in [-0.2, 0) is 4.79 Å². The Morgan fingerprint density at radius 1 is 1.16 bits per heavy atom. The molecule has 8 heteroatoms. The molecule has 0 atom stereocenters. The van der Waals surface area contributed by atoms with Crippen molar-refractivity contribution < 1.29 is 9.18 Å². The van der Waals surface area contributed by atoms with Gasteiger partial charge >= 0.3 is 0 Å². The third-order valence-corrected chi connectivity index (χ3v) is 7.27. The van der Waals surface area contributed by atoms with Crippen molar-refractivity contribution in [3.63, 3.8) is 0 Å². The Morgan fingerprint density at radius 3 is 2.55 bits per heavy atom. The number of carbonyl (C=O) groups is 1. The Kier molecular flexibility index (Phi) is 9.25. The Labute approximate surface area is 194 Å². The van der Waals surface area contributed by atoms with Crippen molar-refractivity contribution in [1.29, 1.82) is 5.26 Å². The highest BCUT2D eigenvalue weighted by Crippen LogP contribution is 2.32. The van der Waals surface area contributed by atoms with Gasteiger partial charge in [-0.1, -0.05) is 23.2 Å². The summed E-state index contributed by atoms with van der Waals surface area (Å²) < 4.78 is 14.4. The second-order valence-corrected chi connectivity index (χ2v) is 9.39. The summed E-state index contributed by atoms with van der Waals surface area (Å²) >= 11 is 11.8. The average molecular weight is 469 g/mol. The summed E-state index contributed by atoms with van der Waals surface area (Å²) in [6, 6.07) is 5.73. The lowest BCUT2D eigenvalue weighted by Crippen LogP contribution is -2.47. The van der Waals surface area contributed by atoms with Gasteiger partial charge in [0.1, 0.15) is 0 Å². The fourth-order valence-electron chi connectivity index (χ4n) is 4.56. The van der Waals surface area contributed by atoms with Crippen molar-refractivity contribution in [2.24, 2.45) is 5.92 Å². The maximum Gasteiger partial charge on any atom is 0.220 e. The third kappa shape index (κ3) is 6.97. The monoisotopic (exact) mass is 468 g/mol. The zero-order valence-corrected chi connectivity index (χ0v) is 19.4. The van der Waals surface area contributed by atoms with Crippen LogP contribution in [-0.4, -0.2) is 49.6 Å². The second-order valence-electron chi connectivity index (χ2n) is 8.61. The normalized spacial score (nSPS) is 22.2. The molecule has 1 N–H and O–H groups in total. The first kappa shape index (κ1) is 24.1. The molecule has 1 aliphatic carbocycles. The summed E-state index contributed by atoms with van der Waals surface area (Å²) in [5, 5.41) is 11.9. The number of unbranched alkanes of at least 4 members (excludes halogenated alkanes) is 1. The molecule has 1 aromatic carbocycles. The average Bonchev–Trinajstić information content (AvgIpc) is 2.78. The molecule has 1 saturated heterocycles. The highest BCUT2D eigenvalue weighted by Gasteiger charge is 2.25. The number of hydrogen-bond donors (Lipinski definition) is 1. The summed E-state index contributed by atoms with van der Waals surface area (Å²) in [4.78, 5) is 16.4. The molecule has 1 heterocycles. The number of nitrogens with one attached hydrogen (secondary N) is 1. The minimum absolute atomic E-state index is 0.00411. The van der Waals surface area contributed by atoms with Crippen molar-refractivity contribution in [3.05, 3.63) is 28.0 Å². The molecule has 0 bridgehead atoms. The quantitative estimate of drug-likeness (QED) is 0.430. The molecule has 3 rings (SSSR count). The van der Waals surface area contributed by atoms with E-state index in [4.69, 9.17) is 28.5 Å². The van der Waals surface area contributed by atoms with E-state index >= 15 is 0 Å². The molecule has 0 aromatic heterocycles. The van der Waals surface area contributed by atoms with Crippen LogP contribution in [0.5, 0.6) is 0 Å². The predicted octanol–water partition coefficient (Wildman–Crippen LogP) is 5.01. The highest BCUT2D eigenvalue weighted by atomic mass is 35.5. The summed E-state index contributed by atoms with van der Waals surface area (Å²) in [5.41, 5.74) is 0.530. The van der Waals surface area contributed by atoms with Gasteiger partial charge in [-0.2, -0.15) is 5.26 Å². The number of nitriles is 1. The number of amides is 1. The van der Waals surface area contributed by atoms with Crippen molar-refractivity contribution in [3.8, 4) is 6.07 Å². The van der Waals surface area contributed by atoms with Crippen molar-refractivity contribution in [2.75, 3.05) is 37.6 Å². The van der Waals surface area contributed by atoms with Gasteiger partial charge in [0, 0.05) is 45.1 Å². The Balaban J connectivity index is 1.33. The van der Waals surface area contributed by atoms with Gasteiger partial charge in [0.25, 0.3) is 0 Å². The van der Waals surface area contributed by atoms with E-state index in [0.717, 1.165) is 58.4 Å². The first-order valence-corrected chi connectivity index (χ1v) is 12.0. The number of halogens is 3. The van der Waals surface area contributed by atoms with Crippen LogP contribution in [0.4, 0.5) is 10.1 Å². The molecule has 1 saturated carbocycles. The molecule has 5 nitrogen and oxygen atoms in total. The Hall–Kier alpha value is -1.55. The van der Waals surface area contributed by atoms with Crippen LogP contribution in [0.3, 0.4) is 0 Å². The summed E-state index contributed by atoms with van der Waals surface area (Å²) in [6.07, 6.45) is 7.09. The molecule has 0 radical (unpaired) electrons. The largest absolute Gasteiger partial charge is 0.367 e. The molecule has 1 aliphatic heterocycles. The van der Waals surface area contributed by atoms with Crippen LogP contribution < -0.4 is 10.2 Å². The van der Waals surface area contributed by atoms with Gasteiger partial charge in [0.05, 0.1) is 21.8 Å². The van der Waals surface area contributed by atoms with E-state index in [9.17, 15) is 9.18 Å². The maximum atomic E-state index is 14.4. The van der Waals surface area contributed by atoms with Crippen LogP contribution in [0.25, 0.3) is 0 Å². The standard InChI is InChI=1S/C23H31Cl2FN4O/c24-19-8-9-20(23(26)22(19)25)30-15-13-29(14-16-30)12-10-17-4-6-18(7-5-17)28-21(31)3-1-2-11-27/h8-9,17-18H,1-7,10,12-16H2,(H,28,31). The molecule has 1 amide bonds. The number of rotatable bonds is 8. The van der Waals surface area contributed by atoms with E-state index in [2.05, 4.69) is 16.3 Å². The van der Waals surface area contributed by atoms with Crippen LogP contribution in [0.1, 0.15) is 51.4 Å². The number of hydrogen-bond acceptors (Lipinski definition) is 4. The van der Waals surface area contributed by atoms with E-state index in [1.54, 1.807) is 12.1 Å². The summed E-state index contributed by atoms with van der Waals surface area (Å²) in [7, 11) is 0. The lowest BCUT2D eigenvalue weighted by Gasteiger charge is -2.37. The van der Waals surface area contributed by atoms with Crippen LogP contribution in [0, 0.1) is 23.1 Å². The molecule has 170 valence electrons. The molecular formula is C23H31Cl2FN4O. The third-order valence-electron chi connectivity index (χ3n) is 6.49. The van der Waals surface area contributed by atoms with E-state index in [-0.39, 0.29) is 22.0 Å². The molecule has 1 aromatic rings. The molecule has 0 unspecified atom stereocenters. The topological polar surface area (TPSA) is 59.4 Å². The first-order chi connectivity index (χ1) is 15.0. The van der Waals surface area contributed by atoms with Gasteiger partial charge in [-0.15, -0.1) is 0 Å². The molecular weight excluding hydrogens is 438 g/mol. The fourth-order valence-corrected chi connectivity index (χ4v) is 4.87. The van der Waals surface area contributed by atoms with Gasteiger partial charge < -0.3 is 10.2 Å². The van der Waals surface area contributed by atoms with Crippen LogP contribution in [0.15, 0.2) is 12.1 Å². The smallest absolute Gasteiger partial charge is 0.220 e. The zero-order valence-electron chi connectivity index (χ0n) is 17.9. The Bertz CT molecular complexity index is 785. The van der Waals surface area contributed by atoms with Crippen molar-refractivity contribution in [2.45, 2.75) is 57.4 Å². The highest BCUT2D eigenvalue weighted by molar-refractivity contribution is 6.42. The number of piperazine rings is 1. The number of nitrogens with zero attached hydrogens (tertiary/aromatic N) is 3. The number of carbonyl (C=O) groups excluding carboxylic acids is 1. The van der Waals surface area contributed by atoms with E-state index < -0.39 is 5.82 Å². The molecule has 2 aliphatic rings. The summed E-state index contributed by atoms with van der Waals surface area (Å²) in [5.74, 6) is 0.351. The van der Waals surface area contributed by atoms with Gasteiger partial charge in [-0.3, -0.25) is 9.69 Å². The number of anilines is 1. The molecule has 0 spiro atoms. The molecule has 2 fully saturated rings. The molecule has 31 heavy (non-hydrogen) atoms. The maximum absolute atomic E-state index is 14.4. The van der Waals surface area contributed by atoms with Crippen molar-refractivity contribution in [1.82, 2.24) is 10.2 Å². The fraction of sp³-hybridized carbons (Fsp3) is 0.652. The van der Waals surface area contributed by atoms with E-state index in [0.29, 0.717) is 30.9 Å². The van der Waals surface area contributed by atoms with E-state index in [1.165, 1.54) is 6.42 Å². The van der Waals surface area contributed by atoms with Crippen LogP contribution >= 0.6 is 23.2 Å². The number of benzene rings is 1. The minimum atomic E-state index is -0.434. The van der Waals surface area contributed by atoms with Gasteiger partial charge in [0.2, 0.25) is 5.91 Å². The van der Waals surface area contributed by atoms with Gasteiger partial charge in [-0.25, -0.2) is 4.39 Å². The first-order valence-electron chi connectivity index (χ1n) is 11.2. The van der Waals surface area contributed by atoms with Gasteiger partial charge in [0.15, 0.2) is 5.82 Å².